The lowest BCUT2D eigenvalue weighted by Gasteiger charge is -2.27. The van der Waals surface area contributed by atoms with Crippen LogP contribution in [0.4, 0.5) is 4.79 Å². The van der Waals surface area contributed by atoms with E-state index in [4.69, 9.17) is 0 Å². The van der Waals surface area contributed by atoms with E-state index < -0.39 is 17.5 Å². The van der Waals surface area contributed by atoms with Crippen LogP contribution >= 0.6 is 11.3 Å². The van der Waals surface area contributed by atoms with Crippen molar-refractivity contribution in [3.05, 3.63) is 88.9 Å². The number of para-hydroxylation sites is 1. The number of rotatable bonds is 5. The lowest BCUT2D eigenvalue weighted by Crippen LogP contribution is -2.52. The zero-order valence-electron chi connectivity index (χ0n) is 19.6. The summed E-state index contributed by atoms with van der Waals surface area (Å²) < 4.78 is 1.83. The van der Waals surface area contributed by atoms with Crippen molar-refractivity contribution in [3.8, 4) is 5.69 Å². The largest absolute Gasteiger partial charge is 0.334 e. The first-order valence-corrected chi connectivity index (χ1v) is 11.7. The Morgan fingerprint density at radius 1 is 1.03 bits per heavy atom. The highest BCUT2D eigenvalue weighted by molar-refractivity contribution is 7.20. The molecule has 0 bridgehead atoms. The zero-order chi connectivity index (χ0) is 24.5. The zero-order valence-corrected chi connectivity index (χ0v) is 20.4. The summed E-state index contributed by atoms with van der Waals surface area (Å²) in [5.74, 6) is -0.391. The van der Waals surface area contributed by atoms with E-state index in [1.165, 1.54) is 11.3 Å². The van der Waals surface area contributed by atoms with E-state index in [1.807, 2.05) is 87.0 Å². The minimum Gasteiger partial charge on any atom is -0.328 e. The van der Waals surface area contributed by atoms with Gasteiger partial charge in [0.15, 0.2) is 0 Å². The van der Waals surface area contributed by atoms with Gasteiger partial charge in [0, 0.05) is 5.39 Å². The van der Waals surface area contributed by atoms with Gasteiger partial charge in [-0.1, -0.05) is 48.6 Å². The van der Waals surface area contributed by atoms with Gasteiger partial charge in [-0.3, -0.25) is 10.2 Å². The van der Waals surface area contributed by atoms with E-state index in [0.29, 0.717) is 4.88 Å². The van der Waals surface area contributed by atoms with Crippen LogP contribution in [0.25, 0.3) is 21.5 Å². The number of allylic oxidation sites excluding steroid dienone is 1. The molecule has 3 amide bonds. The van der Waals surface area contributed by atoms with Crippen molar-refractivity contribution in [1.29, 1.82) is 0 Å². The van der Waals surface area contributed by atoms with Crippen molar-refractivity contribution in [2.45, 2.75) is 33.2 Å². The van der Waals surface area contributed by atoms with Crippen LogP contribution in [0.1, 0.15) is 47.3 Å². The molecule has 0 fully saturated rings. The highest BCUT2D eigenvalue weighted by atomic mass is 32.1. The van der Waals surface area contributed by atoms with Gasteiger partial charge < -0.3 is 5.32 Å². The Labute approximate surface area is 202 Å². The molecule has 0 spiro atoms. The van der Waals surface area contributed by atoms with Gasteiger partial charge in [-0.15, -0.1) is 11.3 Å². The molecule has 4 aromatic rings. The topological polar surface area (TPSA) is 88.1 Å². The highest BCUT2D eigenvalue weighted by Crippen LogP contribution is 2.30. The van der Waals surface area contributed by atoms with Crippen LogP contribution < -0.4 is 16.2 Å². The lowest BCUT2D eigenvalue weighted by atomic mass is 9.92. The Kier molecular flexibility index (Phi) is 6.26. The molecule has 4 rings (SSSR count). The van der Waals surface area contributed by atoms with Gasteiger partial charge in [-0.2, -0.15) is 5.10 Å². The van der Waals surface area contributed by atoms with E-state index in [0.717, 1.165) is 38.3 Å². The maximum Gasteiger partial charge on any atom is 0.334 e. The smallest absolute Gasteiger partial charge is 0.328 e. The summed E-state index contributed by atoms with van der Waals surface area (Å²) >= 11 is 1.32. The second-order valence-electron chi connectivity index (χ2n) is 8.68. The first kappa shape index (κ1) is 23.3. The fourth-order valence-corrected chi connectivity index (χ4v) is 4.72. The summed E-state index contributed by atoms with van der Waals surface area (Å²) in [7, 11) is 0. The Hall–Kier alpha value is -3.91. The Bertz CT molecular complexity index is 1380. The van der Waals surface area contributed by atoms with Gasteiger partial charge in [0.2, 0.25) is 0 Å². The number of fused-ring (bicyclic) bond motifs is 1. The standard InChI is InChI=1S/C26H27N5O2S/c1-16(2)18-10-9-11-19(14-18)26(4,5)27-25(33)29-28-23(32)22-15-21-17(3)30-31(24(21)34-22)20-12-7-6-8-13-20/h6-15H,1H2,2-5H3,(H,28,32)(H2,27,29,33). The van der Waals surface area contributed by atoms with Crippen LogP contribution in [0.3, 0.4) is 0 Å². The Balaban J connectivity index is 1.44. The van der Waals surface area contributed by atoms with E-state index in [-0.39, 0.29) is 0 Å². The molecule has 0 unspecified atom stereocenters. The summed E-state index contributed by atoms with van der Waals surface area (Å²) in [6, 6.07) is 18.9. The van der Waals surface area contributed by atoms with Crippen LogP contribution in [-0.4, -0.2) is 21.7 Å². The first-order chi connectivity index (χ1) is 16.2. The summed E-state index contributed by atoms with van der Waals surface area (Å²) in [6.07, 6.45) is 0. The average Bonchev–Trinajstić information content (AvgIpc) is 3.38. The van der Waals surface area contributed by atoms with Crippen LogP contribution in [0.15, 0.2) is 67.2 Å². The number of amides is 3. The number of hydrogen-bond acceptors (Lipinski definition) is 4. The van der Waals surface area contributed by atoms with E-state index >= 15 is 0 Å². The van der Waals surface area contributed by atoms with Crippen molar-refractivity contribution in [2.75, 3.05) is 0 Å². The Morgan fingerprint density at radius 3 is 2.47 bits per heavy atom. The number of nitrogens with one attached hydrogen (secondary N) is 3. The summed E-state index contributed by atoms with van der Waals surface area (Å²) in [4.78, 5) is 26.6. The molecule has 2 heterocycles. The number of urea groups is 1. The third-order valence-electron chi connectivity index (χ3n) is 5.56. The number of thiophene rings is 1. The molecule has 0 aliphatic carbocycles. The van der Waals surface area contributed by atoms with Crippen molar-refractivity contribution in [2.24, 2.45) is 0 Å². The number of carbonyl (C=O) groups is 2. The molecule has 0 saturated heterocycles. The fourth-order valence-electron chi connectivity index (χ4n) is 3.64. The minimum absolute atomic E-state index is 0.391. The quantitative estimate of drug-likeness (QED) is 0.343. The molecule has 174 valence electrons. The fraction of sp³-hybridized carbons (Fsp3) is 0.192. The number of aromatic nitrogens is 2. The third-order valence-corrected chi connectivity index (χ3v) is 6.67. The van der Waals surface area contributed by atoms with Gasteiger partial charge in [0.1, 0.15) is 4.83 Å². The molecule has 0 aliphatic rings. The van der Waals surface area contributed by atoms with E-state index in [2.05, 4.69) is 27.8 Å². The van der Waals surface area contributed by atoms with Crippen molar-refractivity contribution >= 4 is 39.1 Å². The number of benzene rings is 2. The predicted octanol–water partition coefficient (Wildman–Crippen LogP) is 5.31. The molecule has 0 saturated carbocycles. The lowest BCUT2D eigenvalue weighted by molar-refractivity contribution is 0.0939. The van der Waals surface area contributed by atoms with E-state index in [9.17, 15) is 9.59 Å². The molecular formula is C26H27N5O2S. The average molecular weight is 474 g/mol. The van der Waals surface area contributed by atoms with Gasteiger partial charge in [-0.05, 0) is 63.1 Å². The normalized spacial score (nSPS) is 11.3. The van der Waals surface area contributed by atoms with Gasteiger partial charge >= 0.3 is 6.03 Å². The second kappa shape index (κ2) is 9.15. The molecule has 7 nitrogen and oxygen atoms in total. The number of hydrogen-bond donors (Lipinski definition) is 3. The first-order valence-electron chi connectivity index (χ1n) is 10.9. The number of aryl methyl sites for hydroxylation is 1. The molecule has 8 heteroatoms. The predicted molar refractivity (Wildman–Crippen MR) is 137 cm³/mol. The van der Waals surface area contributed by atoms with Crippen LogP contribution in [0, 0.1) is 6.92 Å². The number of carbonyl (C=O) groups excluding carboxylic acids is 2. The van der Waals surface area contributed by atoms with Crippen LogP contribution in [-0.2, 0) is 5.54 Å². The molecular weight excluding hydrogens is 446 g/mol. The molecule has 0 radical (unpaired) electrons. The van der Waals surface area contributed by atoms with Gasteiger partial charge in [0.05, 0.1) is 21.8 Å². The van der Waals surface area contributed by atoms with Gasteiger partial charge in [-0.25, -0.2) is 14.9 Å². The number of hydrazine groups is 1. The number of nitrogens with zero attached hydrogens (tertiary/aromatic N) is 2. The van der Waals surface area contributed by atoms with Crippen LogP contribution in [0.5, 0.6) is 0 Å². The minimum atomic E-state index is -0.659. The van der Waals surface area contributed by atoms with Gasteiger partial charge in [0.25, 0.3) is 5.91 Å². The molecule has 0 atom stereocenters. The second-order valence-corrected chi connectivity index (χ2v) is 9.71. The molecule has 3 N–H and O–H groups in total. The Morgan fingerprint density at radius 2 is 1.76 bits per heavy atom. The summed E-state index contributed by atoms with van der Waals surface area (Å²) in [5.41, 5.74) is 8.94. The van der Waals surface area contributed by atoms with Crippen molar-refractivity contribution in [1.82, 2.24) is 25.9 Å². The molecule has 0 aliphatic heterocycles. The maximum atomic E-state index is 12.7. The monoisotopic (exact) mass is 473 g/mol. The van der Waals surface area contributed by atoms with Crippen LogP contribution in [0.2, 0.25) is 0 Å². The third kappa shape index (κ3) is 4.72. The van der Waals surface area contributed by atoms with Crippen molar-refractivity contribution < 1.29 is 9.59 Å². The molecule has 34 heavy (non-hydrogen) atoms. The maximum absolute atomic E-state index is 12.7. The summed E-state index contributed by atoms with van der Waals surface area (Å²) in [5, 5.41) is 8.40. The highest BCUT2D eigenvalue weighted by Gasteiger charge is 2.24. The molecule has 2 aromatic heterocycles. The van der Waals surface area contributed by atoms with E-state index in [1.54, 1.807) is 6.07 Å². The van der Waals surface area contributed by atoms with Crippen molar-refractivity contribution in [3.63, 3.8) is 0 Å². The SMILES string of the molecule is C=C(C)c1cccc(C(C)(C)NC(=O)NNC(=O)c2cc3c(C)nn(-c4ccccc4)c3s2)c1. The summed E-state index contributed by atoms with van der Waals surface area (Å²) in [6.45, 7) is 11.6. The molecule has 2 aromatic carbocycles.